The van der Waals surface area contributed by atoms with Crippen LogP contribution in [0.2, 0.25) is 10.0 Å². The number of hydrogen-bond donors (Lipinski definition) is 4. The van der Waals surface area contributed by atoms with E-state index < -0.39 is 0 Å². The molecule has 0 spiro atoms. The molecule has 144 valence electrons. The lowest BCUT2D eigenvalue weighted by Gasteiger charge is -2.13. The molecule has 1 aliphatic rings. The van der Waals surface area contributed by atoms with Gasteiger partial charge in [0.15, 0.2) is 0 Å². The van der Waals surface area contributed by atoms with E-state index in [1.165, 1.54) is 0 Å². The van der Waals surface area contributed by atoms with Gasteiger partial charge in [0.05, 0.1) is 28.1 Å². The summed E-state index contributed by atoms with van der Waals surface area (Å²) < 4.78 is 4.54. The molecule has 0 saturated heterocycles. The largest absolute Gasteiger partial charge is 0.395 e. The van der Waals surface area contributed by atoms with Gasteiger partial charge in [-0.1, -0.05) is 23.2 Å². The number of halogens is 2. The van der Waals surface area contributed by atoms with Gasteiger partial charge in [-0.25, -0.2) is 0 Å². The molecule has 0 bridgehead atoms. The molecule has 0 aliphatic carbocycles. The van der Waals surface area contributed by atoms with Crippen LogP contribution in [0.15, 0.2) is 6.07 Å². The van der Waals surface area contributed by atoms with Crippen molar-refractivity contribution in [1.29, 1.82) is 0 Å². The number of ether oxygens (including phenoxy) is 1. The van der Waals surface area contributed by atoms with E-state index >= 15 is 0 Å². The number of H-pyrrole nitrogens is 1. The molecule has 1 amide bonds. The molecule has 0 saturated carbocycles. The van der Waals surface area contributed by atoms with Gasteiger partial charge < -0.3 is 25.5 Å². The third-order valence-corrected chi connectivity index (χ3v) is 5.09. The van der Waals surface area contributed by atoms with E-state index in [4.69, 9.17) is 28.3 Å². The molecule has 8 heteroatoms. The van der Waals surface area contributed by atoms with Crippen molar-refractivity contribution in [2.75, 3.05) is 38.7 Å². The zero-order chi connectivity index (χ0) is 19.3. The number of aliphatic hydroxyl groups is 1. The van der Waals surface area contributed by atoms with Gasteiger partial charge in [-0.05, 0) is 25.5 Å². The number of aromatic nitrogens is 1. The van der Waals surface area contributed by atoms with Crippen LogP contribution in [-0.2, 0) is 16.0 Å². The van der Waals surface area contributed by atoms with Crippen LogP contribution in [0.5, 0.6) is 0 Å². The quantitative estimate of drug-likeness (QED) is 0.632. The van der Waals surface area contributed by atoms with Crippen molar-refractivity contribution in [3.05, 3.63) is 27.4 Å². The minimum atomic E-state index is -0.279. The van der Waals surface area contributed by atoms with E-state index in [-0.39, 0.29) is 18.4 Å². The molecule has 0 fully saturated rings. The number of hydrogen-bond acceptors (Lipinski definition) is 4. The molecule has 1 unspecified atom stereocenters. The second-order valence-corrected chi connectivity index (χ2v) is 6.76. The molecular formula is C18H25Cl2N3O3. The lowest BCUT2D eigenvalue weighted by molar-refractivity contribution is -0.121. The monoisotopic (exact) mass is 401 g/mol. The first-order valence-electron chi connectivity index (χ1n) is 8.60. The average Bonchev–Trinajstić information content (AvgIpc) is 2.96. The predicted molar refractivity (Wildman–Crippen MR) is 107 cm³/mol. The summed E-state index contributed by atoms with van der Waals surface area (Å²) in [6, 6.07) is 1.74. The maximum absolute atomic E-state index is 12.2. The normalized spacial score (nSPS) is 16.4. The van der Waals surface area contributed by atoms with E-state index in [0.717, 1.165) is 34.5 Å². The predicted octanol–water partition coefficient (Wildman–Crippen LogP) is 3.31. The molecular weight excluding hydrogens is 377 g/mol. The topological polar surface area (TPSA) is 86.4 Å². The zero-order valence-corrected chi connectivity index (χ0v) is 16.7. The van der Waals surface area contributed by atoms with Gasteiger partial charge in [-0.15, -0.1) is 0 Å². The van der Waals surface area contributed by atoms with Crippen LogP contribution >= 0.6 is 23.2 Å². The lowest BCUT2D eigenvalue weighted by atomic mass is 9.96. The minimum Gasteiger partial charge on any atom is -0.395 e. The Labute approximate surface area is 163 Å². The minimum absolute atomic E-state index is 0.00108. The molecule has 1 atom stereocenters. The fourth-order valence-electron chi connectivity index (χ4n) is 2.99. The van der Waals surface area contributed by atoms with Crippen molar-refractivity contribution in [3.8, 4) is 0 Å². The summed E-state index contributed by atoms with van der Waals surface area (Å²) in [4.78, 5) is 15.5. The summed E-state index contributed by atoms with van der Waals surface area (Å²) >= 11 is 12.5. The number of carbonyl (C=O) groups excluding carboxylic acids is 1. The number of amides is 1. The van der Waals surface area contributed by atoms with Crippen molar-refractivity contribution in [3.63, 3.8) is 0 Å². The van der Waals surface area contributed by atoms with Crippen LogP contribution in [0.4, 0.5) is 5.69 Å². The number of benzene rings is 1. The number of anilines is 1. The molecule has 1 aromatic carbocycles. The zero-order valence-electron chi connectivity index (χ0n) is 15.2. The average molecular weight is 402 g/mol. The smallest absolute Gasteiger partial charge is 0.227 e. The van der Waals surface area contributed by atoms with Crippen molar-refractivity contribution in [1.82, 2.24) is 10.3 Å². The van der Waals surface area contributed by atoms with Crippen LogP contribution < -0.4 is 10.6 Å². The number of rotatable bonds is 4. The van der Waals surface area contributed by atoms with Gasteiger partial charge >= 0.3 is 0 Å². The Morgan fingerprint density at radius 3 is 2.73 bits per heavy atom. The standard InChI is InChI=1S/C15H17Cl2N3O2.C3H8O/c1-7-11-9(2-3-19-15(7)22)20-14-12(11)10(18-4-5-21)6-8(16)13(14)17;1-3-4-2/h6-7,18,20-21H,2-5H2,1H3,(H,19,22);3H2,1-2H3. The Morgan fingerprint density at radius 1 is 1.42 bits per heavy atom. The first-order valence-corrected chi connectivity index (χ1v) is 9.35. The second kappa shape index (κ2) is 9.46. The number of aromatic amines is 1. The van der Waals surface area contributed by atoms with E-state index in [2.05, 4.69) is 20.4 Å². The molecule has 4 N–H and O–H groups in total. The summed E-state index contributed by atoms with van der Waals surface area (Å²) in [7, 11) is 1.68. The molecule has 1 aromatic heterocycles. The molecule has 2 heterocycles. The Hall–Kier alpha value is -1.47. The summed E-state index contributed by atoms with van der Waals surface area (Å²) in [6.07, 6.45) is 0.716. The number of carbonyl (C=O) groups is 1. The summed E-state index contributed by atoms with van der Waals surface area (Å²) in [5.41, 5.74) is 3.46. The first kappa shape index (κ1) is 20.8. The number of fused-ring (bicyclic) bond motifs is 3. The highest BCUT2D eigenvalue weighted by atomic mass is 35.5. The van der Waals surface area contributed by atoms with Gasteiger partial charge in [0, 0.05) is 50.0 Å². The Kier molecular flexibility index (Phi) is 7.58. The molecule has 2 aromatic rings. The van der Waals surface area contributed by atoms with Gasteiger partial charge in [0.2, 0.25) is 5.91 Å². The second-order valence-electron chi connectivity index (χ2n) is 5.98. The third-order valence-electron chi connectivity index (χ3n) is 4.31. The van der Waals surface area contributed by atoms with Crippen molar-refractivity contribution >= 4 is 45.7 Å². The molecule has 26 heavy (non-hydrogen) atoms. The van der Waals surface area contributed by atoms with Crippen molar-refractivity contribution in [2.24, 2.45) is 0 Å². The van der Waals surface area contributed by atoms with Gasteiger partial charge in [-0.3, -0.25) is 4.79 Å². The maximum Gasteiger partial charge on any atom is 0.227 e. The van der Waals surface area contributed by atoms with Crippen molar-refractivity contribution < 1.29 is 14.6 Å². The molecule has 6 nitrogen and oxygen atoms in total. The van der Waals surface area contributed by atoms with E-state index in [1.54, 1.807) is 13.2 Å². The Bertz CT molecular complexity index is 775. The fraction of sp³-hybridized carbons (Fsp3) is 0.500. The Balaban J connectivity index is 0.000000552. The summed E-state index contributed by atoms with van der Waals surface area (Å²) in [6.45, 7) is 5.65. The first-order chi connectivity index (χ1) is 12.5. The number of aliphatic hydroxyl groups excluding tert-OH is 1. The molecule has 3 rings (SSSR count). The highest BCUT2D eigenvalue weighted by Gasteiger charge is 2.28. The number of methoxy groups -OCH3 is 1. The third kappa shape index (κ3) is 4.26. The van der Waals surface area contributed by atoms with Crippen LogP contribution in [0, 0.1) is 0 Å². The molecule has 0 radical (unpaired) electrons. The molecule has 1 aliphatic heterocycles. The maximum atomic E-state index is 12.2. The SMILES string of the molecule is CC1C(=O)NCCc2[nH]c3c(Cl)c(Cl)cc(NCCO)c3c21.CCOC. The van der Waals surface area contributed by atoms with E-state index in [9.17, 15) is 4.79 Å². The number of nitrogens with one attached hydrogen (secondary N) is 3. The van der Waals surface area contributed by atoms with Crippen LogP contribution in [-0.4, -0.2) is 49.4 Å². The van der Waals surface area contributed by atoms with E-state index in [0.29, 0.717) is 29.6 Å². The van der Waals surface area contributed by atoms with Gasteiger partial charge in [0.1, 0.15) is 0 Å². The highest BCUT2D eigenvalue weighted by Crippen LogP contribution is 2.42. The van der Waals surface area contributed by atoms with Gasteiger partial charge in [0.25, 0.3) is 0 Å². The van der Waals surface area contributed by atoms with E-state index in [1.807, 2.05) is 13.8 Å². The lowest BCUT2D eigenvalue weighted by Crippen LogP contribution is -2.26. The van der Waals surface area contributed by atoms with Crippen molar-refractivity contribution in [2.45, 2.75) is 26.2 Å². The Morgan fingerprint density at radius 2 is 2.12 bits per heavy atom. The summed E-state index contributed by atoms with van der Waals surface area (Å²) in [5, 5.41) is 16.9. The van der Waals surface area contributed by atoms with Crippen LogP contribution in [0.3, 0.4) is 0 Å². The highest BCUT2D eigenvalue weighted by molar-refractivity contribution is 6.45. The van der Waals surface area contributed by atoms with Gasteiger partial charge in [-0.2, -0.15) is 0 Å². The summed E-state index contributed by atoms with van der Waals surface area (Å²) in [5.74, 6) is -0.281. The fourth-order valence-corrected chi connectivity index (χ4v) is 3.39. The van der Waals surface area contributed by atoms with Crippen LogP contribution in [0.1, 0.15) is 31.0 Å². The van der Waals surface area contributed by atoms with Crippen LogP contribution in [0.25, 0.3) is 10.9 Å².